The SMILES string of the molecule is CC(=O)N(Cc1ccc(S(C)(=O)=O)cc1)C(=O)[C@@H](N)Cc1ccc(N(C(=O)C(=O)O)c2ccccc2C(=O)O)c(CCO)c1. The lowest BCUT2D eigenvalue weighted by atomic mass is 9.98. The lowest BCUT2D eigenvalue weighted by molar-refractivity contribution is -0.148. The number of aromatic carboxylic acids is 1. The van der Waals surface area contributed by atoms with Gasteiger partial charge in [0.1, 0.15) is 0 Å². The van der Waals surface area contributed by atoms with Gasteiger partial charge in [0.05, 0.1) is 34.4 Å². The van der Waals surface area contributed by atoms with Crippen LogP contribution in [-0.2, 0) is 48.4 Å². The van der Waals surface area contributed by atoms with Crippen LogP contribution in [0.4, 0.5) is 11.4 Å². The number of aliphatic hydroxyl groups excluding tert-OH is 1. The van der Waals surface area contributed by atoms with Crippen molar-refractivity contribution in [3.05, 3.63) is 89.0 Å². The number of amides is 3. The van der Waals surface area contributed by atoms with Gasteiger partial charge in [0, 0.05) is 19.8 Å². The van der Waals surface area contributed by atoms with Crippen LogP contribution in [0, 0.1) is 0 Å². The Balaban J connectivity index is 1.93. The van der Waals surface area contributed by atoms with E-state index in [1.807, 2.05) is 0 Å². The standard InChI is InChI=1S/C30H31N3O10S/c1-18(35)32(17-19-7-10-22(11-8-19)44(2,42)43)27(36)24(31)16-20-9-12-25(21(15-20)13-14-34)33(28(37)30(40)41)26-6-4-3-5-23(26)29(38)39/h3-12,15,24,34H,13-14,16-17,31H2,1-2H3,(H,38,39)(H,40,41)/t24-/m0/s1. The van der Waals surface area contributed by atoms with Gasteiger partial charge in [0.25, 0.3) is 0 Å². The van der Waals surface area contributed by atoms with E-state index in [1.165, 1.54) is 73.7 Å². The quantitative estimate of drug-likeness (QED) is 0.224. The molecule has 0 aliphatic carbocycles. The van der Waals surface area contributed by atoms with E-state index in [0.717, 1.165) is 16.1 Å². The second-order valence-electron chi connectivity index (χ2n) is 9.87. The van der Waals surface area contributed by atoms with Gasteiger partial charge in [-0.15, -0.1) is 0 Å². The summed E-state index contributed by atoms with van der Waals surface area (Å²) in [5, 5.41) is 28.9. The summed E-state index contributed by atoms with van der Waals surface area (Å²) < 4.78 is 23.5. The smallest absolute Gasteiger partial charge is 0.395 e. The number of para-hydroxylation sites is 1. The maximum Gasteiger partial charge on any atom is 0.395 e. The minimum Gasteiger partial charge on any atom is -0.478 e. The van der Waals surface area contributed by atoms with Crippen molar-refractivity contribution < 1.29 is 47.7 Å². The average molecular weight is 626 g/mol. The normalized spacial score (nSPS) is 11.8. The molecule has 0 unspecified atom stereocenters. The summed E-state index contributed by atoms with van der Waals surface area (Å²) in [4.78, 5) is 63.7. The van der Waals surface area contributed by atoms with Crippen molar-refractivity contribution in [2.75, 3.05) is 17.8 Å². The molecule has 44 heavy (non-hydrogen) atoms. The minimum absolute atomic E-state index is 0.00620. The minimum atomic E-state index is -3.44. The monoisotopic (exact) mass is 625 g/mol. The zero-order chi connectivity index (χ0) is 32.8. The number of hydrogen-bond donors (Lipinski definition) is 4. The van der Waals surface area contributed by atoms with Crippen molar-refractivity contribution in [1.29, 1.82) is 0 Å². The summed E-state index contributed by atoms with van der Waals surface area (Å²) in [7, 11) is -3.44. The molecule has 5 N–H and O–H groups in total. The van der Waals surface area contributed by atoms with Gasteiger partial charge in [0.2, 0.25) is 11.8 Å². The molecule has 3 aromatic rings. The number of nitrogens with two attached hydrogens (primary N) is 1. The van der Waals surface area contributed by atoms with Gasteiger partial charge in [-0.2, -0.15) is 0 Å². The molecule has 1 atom stereocenters. The molecule has 0 saturated heterocycles. The first kappa shape index (κ1) is 33.6. The van der Waals surface area contributed by atoms with E-state index in [9.17, 15) is 47.7 Å². The van der Waals surface area contributed by atoms with E-state index in [4.69, 9.17) is 5.73 Å². The largest absolute Gasteiger partial charge is 0.478 e. The molecule has 0 aromatic heterocycles. The van der Waals surface area contributed by atoms with Crippen LogP contribution in [0.1, 0.15) is 34.0 Å². The molecule has 0 aliphatic heterocycles. The van der Waals surface area contributed by atoms with Crippen LogP contribution in [0.5, 0.6) is 0 Å². The summed E-state index contributed by atoms with van der Waals surface area (Å²) >= 11 is 0. The number of aliphatic carboxylic acids is 1. The topological polar surface area (TPSA) is 213 Å². The van der Waals surface area contributed by atoms with E-state index in [1.54, 1.807) is 0 Å². The summed E-state index contributed by atoms with van der Waals surface area (Å²) in [5.41, 5.74) is 6.89. The molecule has 3 rings (SSSR count). The van der Waals surface area contributed by atoms with Crippen molar-refractivity contribution in [3.63, 3.8) is 0 Å². The van der Waals surface area contributed by atoms with Gasteiger partial charge in [0.15, 0.2) is 9.84 Å². The fraction of sp³-hybridized carbons (Fsp3) is 0.233. The molecule has 3 amide bonds. The highest BCUT2D eigenvalue weighted by Crippen LogP contribution is 2.33. The molecule has 0 heterocycles. The van der Waals surface area contributed by atoms with Crippen LogP contribution in [0.15, 0.2) is 71.6 Å². The highest BCUT2D eigenvalue weighted by Gasteiger charge is 2.30. The van der Waals surface area contributed by atoms with Crippen molar-refractivity contribution in [3.8, 4) is 0 Å². The van der Waals surface area contributed by atoms with Gasteiger partial charge >= 0.3 is 17.8 Å². The lowest BCUT2D eigenvalue weighted by Crippen LogP contribution is -2.46. The number of imide groups is 1. The van der Waals surface area contributed by atoms with Gasteiger partial charge in [-0.1, -0.05) is 36.4 Å². The Labute approximate surface area is 253 Å². The number of carboxylic acids is 2. The van der Waals surface area contributed by atoms with Crippen LogP contribution in [0.2, 0.25) is 0 Å². The highest BCUT2D eigenvalue weighted by molar-refractivity contribution is 7.90. The Kier molecular flexibility index (Phi) is 10.7. The fourth-order valence-corrected chi connectivity index (χ4v) is 5.14. The number of aliphatic hydroxyl groups is 1. The van der Waals surface area contributed by atoms with E-state index in [0.29, 0.717) is 11.1 Å². The maximum absolute atomic E-state index is 13.2. The number of anilines is 2. The first-order chi connectivity index (χ1) is 20.6. The molecular weight excluding hydrogens is 594 g/mol. The van der Waals surface area contributed by atoms with Crippen LogP contribution >= 0.6 is 0 Å². The lowest BCUT2D eigenvalue weighted by Gasteiger charge is -2.26. The number of sulfone groups is 1. The third kappa shape index (κ3) is 7.92. The van der Waals surface area contributed by atoms with E-state index in [-0.39, 0.29) is 46.8 Å². The van der Waals surface area contributed by atoms with Crippen molar-refractivity contribution in [2.24, 2.45) is 5.73 Å². The van der Waals surface area contributed by atoms with E-state index < -0.39 is 52.1 Å². The van der Waals surface area contributed by atoms with Crippen LogP contribution in [0.25, 0.3) is 0 Å². The van der Waals surface area contributed by atoms with Gasteiger partial charge in [-0.05, 0) is 59.9 Å². The molecule has 0 spiro atoms. The van der Waals surface area contributed by atoms with Crippen molar-refractivity contribution in [1.82, 2.24) is 4.90 Å². The van der Waals surface area contributed by atoms with Crippen molar-refractivity contribution in [2.45, 2.75) is 37.2 Å². The molecule has 232 valence electrons. The van der Waals surface area contributed by atoms with Gasteiger partial charge in [-0.3, -0.25) is 24.2 Å². The Hall–Kier alpha value is -4.92. The maximum atomic E-state index is 13.2. The summed E-state index contributed by atoms with van der Waals surface area (Å²) in [6.07, 6.45) is 0.905. The Morgan fingerprint density at radius 1 is 0.886 bits per heavy atom. The first-order valence-corrected chi connectivity index (χ1v) is 15.0. The van der Waals surface area contributed by atoms with Crippen LogP contribution < -0.4 is 10.6 Å². The predicted octanol–water partition coefficient (Wildman–Crippen LogP) is 1.52. The highest BCUT2D eigenvalue weighted by atomic mass is 32.2. The third-order valence-electron chi connectivity index (χ3n) is 6.64. The Morgan fingerprint density at radius 2 is 1.50 bits per heavy atom. The molecule has 14 heteroatoms. The summed E-state index contributed by atoms with van der Waals surface area (Å²) in [5.74, 6) is -5.97. The zero-order valence-corrected chi connectivity index (χ0v) is 24.7. The number of nitrogens with zero attached hydrogens (tertiary/aromatic N) is 2. The Bertz CT molecular complexity index is 1700. The summed E-state index contributed by atoms with van der Waals surface area (Å²) in [6, 6.07) is 14.2. The van der Waals surface area contributed by atoms with Gasteiger partial charge in [-0.25, -0.2) is 18.0 Å². The molecule has 13 nitrogen and oxygen atoms in total. The zero-order valence-electron chi connectivity index (χ0n) is 23.8. The average Bonchev–Trinajstić information content (AvgIpc) is 2.96. The van der Waals surface area contributed by atoms with Gasteiger partial charge < -0.3 is 21.1 Å². The van der Waals surface area contributed by atoms with E-state index in [2.05, 4.69) is 0 Å². The van der Waals surface area contributed by atoms with Crippen LogP contribution in [-0.4, -0.2) is 77.2 Å². The molecule has 3 aromatic carbocycles. The number of carbonyl (C=O) groups excluding carboxylic acids is 3. The first-order valence-electron chi connectivity index (χ1n) is 13.1. The third-order valence-corrected chi connectivity index (χ3v) is 7.77. The molecular formula is C30H31N3O10S. The molecule has 0 radical (unpaired) electrons. The molecule has 0 aliphatic rings. The second-order valence-corrected chi connectivity index (χ2v) is 11.9. The summed E-state index contributed by atoms with van der Waals surface area (Å²) in [6.45, 7) is 0.621. The number of carbonyl (C=O) groups is 5. The van der Waals surface area contributed by atoms with Crippen molar-refractivity contribution >= 4 is 50.9 Å². The number of rotatable bonds is 11. The number of hydrogen-bond acceptors (Lipinski definition) is 9. The second kappa shape index (κ2) is 14.0. The van der Waals surface area contributed by atoms with E-state index >= 15 is 0 Å². The molecule has 0 bridgehead atoms. The predicted molar refractivity (Wildman–Crippen MR) is 158 cm³/mol. The molecule has 0 fully saturated rings. The van der Waals surface area contributed by atoms with Crippen LogP contribution in [0.3, 0.4) is 0 Å². The number of benzene rings is 3. The fourth-order valence-electron chi connectivity index (χ4n) is 4.51. The molecule has 0 saturated carbocycles. The number of carboxylic acid groups (broad SMARTS) is 2. The Morgan fingerprint density at radius 3 is 2.05 bits per heavy atom.